The number of nitrogens with zero attached hydrogens (tertiary/aromatic N) is 3. The summed E-state index contributed by atoms with van der Waals surface area (Å²) in [7, 11) is 1.84. The van der Waals surface area contributed by atoms with E-state index in [2.05, 4.69) is 9.59 Å². The Morgan fingerprint density at radius 1 is 1.50 bits per heavy atom. The SMILES string of the molecule is CN(C(=O)c1csnn1)C1CCC(N)CC1. The number of carbonyl (C=O) groups excluding carboxylic acids is 1. The lowest BCUT2D eigenvalue weighted by Crippen LogP contribution is -2.42. The Labute approximate surface area is 98.8 Å². The van der Waals surface area contributed by atoms with Gasteiger partial charge in [0.25, 0.3) is 5.91 Å². The van der Waals surface area contributed by atoms with Crippen LogP contribution in [-0.4, -0.2) is 39.5 Å². The molecule has 2 N–H and O–H groups in total. The van der Waals surface area contributed by atoms with E-state index in [0.717, 1.165) is 25.7 Å². The Balaban J connectivity index is 1.97. The highest BCUT2D eigenvalue weighted by Gasteiger charge is 2.26. The molecular weight excluding hydrogens is 224 g/mol. The molecule has 1 amide bonds. The number of rotatable bonds is 2. The minimum Gasteiger partial charge on any atom is -0.337 e. The van der Waals surface area contributed by atoms with E-state index in [1.54, 1.807) is 10.3 Å². The largest absolute Gasteiger partial charge is 0.337 e. The van der Waals surface area contributed by atoms with Crippen molar-refractivity contribution in [2.45, 2.75) is 37.8 Å². The van der Waals surface area contributed by atoms with Gasteiger partial charge in [-0.25, -0.2) is 0 Å². The van der Waals surface area contributed by atoms with Crippen LogP contribution in [0.1, 0.15) is 36.2 Å². The number of nitrogens with two attached hydrogens (primary N) is 1. The topological polar surface area (TPSA) is 72.1 Å². The summed E-state index contributed by atoms with van der Waals surface area (Å²) in [5.74, 6) is -0.0331. The molecule has 0 bridgehead atoms. The molecule has 0 radical (unpaired) electrons. The fourth-order valence-electron chi connectivity index (χ4n) is 2.09. The van der Waals surface area contributed by atoms with Crippen molar-refractivity contribution in [1.82, 2.24) is 14.5 Å². The van der Waals surface area contributed by atoms with E-state index in [-0.39, 0.29) is 5.91 Å². The van der Waals surface area contributed by atoms with E-state index < -0.39 is 0 Å². The van der Waals surface area contributed by atoms with Gasteiger partial charge in [-0.15, -0.1) is 5.10 Å². The zero-order chi connectivity index (χ0) is 11.5. The van der Waals surface area contributed by atoms with Gasteiger partial charge in [0.15, 0.2) is 5.69 Å². The normalized spacial score (nSPS) is 25.4. The molecule has 0 atom stereocenters. The first-order valence-corrected chi connectivity index (χ1v) is 6.32. The van der Waals surface area contributed by atoms with E-state index in [0.29, 0.717) is 17.8 Å². The molecule has 6 heteroatoms. The maximum atomic E-state index is 12.0. The molecule has 1 heterocycles. The molecule has 1 aliphatic carbocycles. The molecule has 5 nitrogen and oxygen atoms in total. The Kier molecular flexibility index (Phi) is 3.50. The Bertz CT molecular complexity index is 346. The molecular formula is C10H16N4OS. The molecule has 0 unspecified atom stereocenters. The van der Waals surface area contributed by atoms with Gasteiger partial charge in [0.1, 0.15) is 0 Å². The van der Waals surface area contributed by atoms with E-state index in [1.807, 2.05) is 7.05 Å². The van der Waals surface area contributed by atoms with Gasteiger partial charge in [-0.1, -0.05) is 4.49 Å². The van der Waals surface area contributed by atoms with Crippen LogP contribution >= 0.6 is 11.5 Å². The second-order valence-electron chi connectivity index (χ2n) is 4.27. The second-order valence-corrected chi connectivity index (χ2v) is 4.88. The fourth-order valence-corrected chi connectivity index (χ4v) is 2.52. The highest BCUT2D eigenvalue weighted by Crippen LogP contribution is 2.22. The first kappa shape index (κ1) is 11.5. The summed E-state index contributed by atoms with van der Waals surface area (Å²) in [4.78, 5) is 13.8. The maximum absolute atomic E-state index is 12.0. The number of hydrogen-bond acceptors (Lipinski definition) is 5. The summed E-state index contributed by atoms with van der Waals surface area (Å²) in [5.41, 5.74) is 6.29. The van der Waals surface area contributed by atoms with E-state index in [4.69, 9.17) is 5.73 Å². The summed E-state index contributed by atoms with van der Waals surface area (Å²) in [6, 6.07) is 0.606. The Morgan fingerprint density at radius 2 is 2.19 bits per heavy atom. The average molecular weight is 240 g/mol. The first-order chi connectivity index (χ1) is 7.68. The summed E-state index contributed by atoms with van der Waals surface area (Å²) >= 11 is 1.20. The van der Waals surface area contributed by atoms with Crippen LogP contribution in [0.5, 0.6) is 0 Å². The highest BCUT2D eigenvalue weighted by molar-refractivity contribution is 7.03. The molecule has 0 aromatic carbocycles. The Hall–Kier alpha value is -1.01. The van der Waals surface area contributed by atoms with Crippen molar-refractivity contribution in [3.63, 3.8) is 0 Å². The lowest BCUT2D eigenvalue weighted by atomic mass is 9.91. The third-order valence-corrected chi connectivity index (χ3v) is 3.69. The van der Waals surface area contributed by atoms with Crippen molar-refractivity contribution in [3.05, 3.63) is 11.1 Å². The van der Waals surface area contributed by atoms with Crippen molar-refractivity contribution in [1.29, 1.82) is 0 Å². The number of aromatic nitrogens is 2. The lowest BCUT2D eigenvalue weighted by molar-refractivity contribution is 0.0684. The van der Waals surface area contributed by atoms with Crippen molar-refractivity contribution < 1.29 is 4.79 Å². The summed E-state index contributed by atoms with van der Waals surface area (Å²) in [6.07, 6.45) is 3.97. The predicted molar refractivity (Wildman–Crippen MR) is 62.2 cm³/mol. The third kappa shape index (κ3) is 2.38. The second kappa shape index (κ2) is 4.88. The number of carbonyl (C=O) groups is 1. The van der Waals surface area contributed by atoms with E-state index in [9.17, 15) is 4.79 Å². The molecule has 1 aliphatic rings. The van der Waals surface area contributed by atoms with E-state index in [1.165, 1.54) is 11.5 Å². The number of amides is 1. The minimum atomic E-state index is -0.0331. The van der Waals surface area contributed by atoms with Gasteiger partial charge in [0, 0.05) is 24.5 Å². The van der Waals surface area contributed by atoms with Gasteiger partial charge in [-0.2, -0.15) is 0 Å². The van der Waals surface area contributed by atoms with Gasteiger partial charge < -0.3 is 10.6 Å². The van der Waals surface area contributed by atoms with Crippen LogP contribution in [0.2, 0.25) is 0 Å². The van der Waals surface area contributed by atoms with Gasteiger partial charge in [0.2, 0.25) is 0 Å². The molecule has 16 heavy (non-hydrogen) atoms. The van der Waals surface area contributed by atoms with Crippen LogP contribution in [-0.2, 0) is 0 Å². The highest BCUT2D eigenvalue weighted by atomic mass is 32.1. The van der Waals surface area contributed by atoms with Crippen LogP contribution < -0.4 is 5.73 Å². The van der Waals surface area contributed by atoms with Crippen LogP contribution in [0.15, 0.2) is 5.38 Å². The first-order valence-electron chi connectivity index (χ1n) is 5.48. The van der Waals surface area contributed by atoms with Gasteiger partial charge in [0.05, 0.1) is 0 Å². The summed E-state index contributed by atoms with van der Waals surface area (Å²) in [6.45, 7) is 0. The van der Waals surface area contributed by atoms with Crippen molar-refractivity contribution in [2.75, 3.05) is 7.05 Å². The zero-order valence-corrected chi connectivity index (χ0v) is 10.1. The molecule has 88 valence electrons. The quantitative estimate of drug-likeness (QED) is 0.833. The van der Waals surface area contributed by atoms with Crippen LogP contribution in [0.25, 0.3) is 0 Å². The molecule has 1 fully saturated rings. The van der Waals surface area contributed by atoms with Crippen LogP contribution in [0, 0.1) is 0 Å². The molecule has 1 aromatic rings. The van der Waals surface area contributed by atoms with E-state index >= 15 is 0 Å². The smallest absolute Gasteiger partial charge is 0.275 e. The summed E-state index contributed by atoms with van der Waals surface area (Å²) in [5, 5.41) is 5.49. The van der Waals surface area contributed by atoms with Gasteiger partial charge in [-0.05, 0) is 37.2 Å². The van der Waals surface area contributed by atoms with Crippen molar-refractivity contribution in [2.24, 2.45) is 5.73 Å². The Morgan fingerprint density at radius 3 is 2.75 bits per heavy atom. The fraction of sp³-hybridized carbons (Fsp3) is 0.700. The maximum Gasteiger partial charge on any atom is 0.275 e. The molecule has 1 aromatic heterocycles. The molecule has 0 saturated heterocycles. The van der Waals surface area contributed by atoms with Crippen molar-refractivity contribution in [3.8, 4) is 0 Å². The third-order valence-electron chi connectivity index (χ3n) is 3.19. The van der Waals surface area contributed by atoms with Gasteiger partial charge >= 0.3 is 0 Å². The van der Waals surface area contributed by atoms with Gasteiger partial charge in [-0.3, -0.25) is 4.79 Å². The molecule has 2 rings (SSSR count). The van der Waals surface area contributed by atoms with Crippen LogP contribution in [0.4, 0.5) is 0 Å². The minimum absolute atomic E-state index is 0.0331. The molecule has 1 saturated carbocycles. The average Bonchev–Trinajstić information content (AvgIpc) is 2.81. The molecule has 0 aliphatic heterocycles. The zero-order valence-electron chi connectivity index (χ0n) is 9.30. The summed E-state index contributed by atoms with van der Waals surface area (Å²) < 4.78 is 3.71. The predicted octanol–water partition coefficient (Wildman–Crippen LogP) is 0.880. The van der Waals surface area contributed by atoms with Crippen molar-refractivity contribution >= 4 is 17.4 Å². The lowest BCUT2D eigenvalue weighted by Gasteiger charge is -2.33. The van der Waals surface area contributed by atoms with Crippen LogP contribution in [0.3, 0.4) is 0 Å². The standard InChI is InChI=1S/C10H16N4OS/c1-14(8-4-2-7(11)3-5-8)10(15)9-6-16-13-12-9/h6-8H,2-5,11H2,1H3. The molecule has 0 spiro atoms. The monoisotopic (exact) mass is 240 g/mol. The number of hydrogen-bond donors (Lipinski definition) is 1.